The molecule has 116 valence electrons. The van der Waals surface area contributed by atoms with E-state index in [0.29, 0.717) is 16.3 Å². The monoisotopic (exact) mass is 319 g/mol. The lowest BCUT2D eigenvalue weighted by atomic mass is 10.2. The Morgan fingerprint density at radius 1 is 1.18 bits per heavy atom. The molecule has 0 bridgehead atoms. The lowest BCUT2D eigenvalue weighted by Crippen LogP contribution is -2.30. The van der Waals surface area contributed by atoms with Gasteiger partial charge < -0.3 is 14.8 Å². The van der Waals surface area contributed by atoms with Crippen LogP contribution in [-0.2, 0) is 9.53 Å². The number of carbonyl (C=O) groups is 2. The molecule has 0 spiro atoms. The van der Waals surface area contributed by atoms with E-state index < -0.39 is 12.1 Å². The predicted molar refractivity (Wildman–Crippen MR) is 85.6 cm³/mol. The topological polar surface area (TPSA) is 64.6 Å². The highest BCUT2D eigenvalue weighted by Crippen LogP contribution is 2.23. The quantitative estimate of drug-likeness (QED) is 0.859. The number of hydrogen-bond acceptors (Lipinski definition) is 5. The molecule has 0 aliphatic carbocycles. The summed E-state index contributed by atoms with van der Waals surface area (Å²) in [6.45, 7) is 3.63. The number of anilines is 1. The molecule has 22 heavy (non-hydrogen) atoms. The summed E-state index contributed by atoms with van der Waals surface area (Å²) < 4.78 is 10.3. The van der Waals surface area contributed by atoms with E-state index >= 15 is 0 Å². The third-order valence-electron chi connectivity index (χ3n) is 3.00. The maximum Gasteiger partial charge on any atom is 0.350 e. The average Bonchev–Trinajstić information content (AvgIpc) is 2.96. The highest BCUT2D eigenvalue weighted by molar-refractivity contribution is 7.12. The van der Waals surface area contributed by atoms with Gasteiger partial charge in [0.1, 0.15) is 10.6 Å². The molecule has 1 aromatic carbocycles. The summed E-state index contributed by atoms with van der Waals surface area (Å²) in [5, 5.41) is 4.40. The number of methoxy groups -OCH3 is 1. The molecule has 1 aromatic heterocycles. The van der Waals surface area contributed by atoms with Crippen molar-refractivity contribution in [1.82, 2.24) is 0 Å². The van der Waals surface area contributed by atoms with Gasteiger partial charge in [-0.25, -0.2) is 4.79 Å². The number of amides is 1. The molecule has 6 heteroatoms. The lowest BCUT2D eigenvalue weighted by molar-refractivity contribution is -0.122. The number of carbonyl (C=O) groups excluding carboxylic acids is 2. The Morgan fingerprint density at radius 2 is 1.86 bits per heavy atom. The molecule has 1 atom stereocenters. The Balaban J connectivity index is 2.01. The van der Waals surface area contributed by atoms with E-state index in [1.165, 1.54) is 18.4 Å². The van der Waals surface area contributed by atoms with Crippen LogP contribution in [0.1, 0.15) is 22.2 Å². The van der Waals surface area contributed by atoms with Gasteiger partial charge in [-0.3, -0.25) is 4.79 Å². The van der Waals surface area contributed by atoms with Crippen molar-refractivity contribution in [3.63, 3.8) is 0 Å². The number of hydrogen-bond donors (Lipinski definition) is 1. The fraction of sp³-hybridized carbons (Fsp3) is 0.250. The number of ether oxygens (including phenoxy) is 2. The predicted octanol–water partition coefficient (Wildman–Crippen LogP) is 3.25. The van der Waals surface area contributed by atoms with E-state index in [9.17, 15) is 9.59 Å². The van der Waals surface area contributed by atoms with Crippen LogP contribution >= 0.6 is 11.3 Å². The molecule has 0 saturated heterocycles. The number of thiophene rings is 1. The SMILES string of the molecule is COC(=O)c1sccc1NC(=O)C(C)Oc1ccc(C)cc1. The zero-order valence-corrected chi connectivity index (χ0v) is 13.4. The molecule has 1 N–H and O–H groups in total. The van der Waals surface area contributed by atoms with Crippen LogP contribution < -0.4 is 10.1 Å². The van der Waals surface area contributed by atoms with Crippen molar-refractivity contribution in [2.45, 2.75) is 20.0 Å². The molecule has 1 heterocycles. The molecular formula is C16H17NO4S. The smallest absolute Gasteiger partial charge is 0.350 e. The van der Waals surface area contributed by atoms with E-state index in [2.05, 4.69) is 10.1 Å². The summed E-state index contributed by atoms with van der Waals surface area (Å²) in [6, 6.07) is 9.10. The van der Waals surface area contributed by atoms with Crippen LogP contribution in [0.3, 0.4) is 0 Å². The summed E-state index contributed by atoms with van der Waals surface area (Å²) in [4.78, 5) is 24.1. The van der Waals surface area contributed by atoms with Gasteiger partial charge in [0, 0.05) is 0 Å². The minimum Gasteiger partial charge on any atom is -0.481 e. The van der Waals surface area contributed by atoms with Gasteiger partial charge in [0.05, 0.1) is 12.8 Å². The highest BCUT2D eigenvalue weighted by atomic mass is 32.1. The maximum atomic E-state index is 12.2. The van der Waals surface area contributed by atoms with Crippen molar-refractivity contribution in [3.8, 4) is 5.75 Å². The van der Waals surface area contributed by atoms with Crippen molar-refractivity contribution >= 4 is 28.9 Å². The Morgan fingerprint density at radius 3 is 2.50 bits per heavy atom. The largest absolute Gasteiger partial charge is 0.481 e. The summed E-state index contributed by atoms with van der Waals surface area (Å²) in [7, 11) is 1.30. The maximum absolute atomic E-state index is 12.2. The van der Waals surface area contributed by atoms with Gasteiger partial charge in [-0.1, -0.05) is 17.7 Å². The normalized spacial score (nSPS) is 11.6. The third kappa shape index (κ3) is 3.85. The van der Waals surface area contributed by atoms with Crippen molar-refractivity contribution in [3.05, 3.63) is 46.2 Å². The van der Waals surface area contributed by atoms with Crippen LogP contribution in [0.2, 0.25) is 0 Å². The summed E-state index contributed by atoms with van der Waals surface area (Å²) in [5.41, 5.74) is 1.55. The molecule has 2 rings (SSSR count). The summed E-state index contributed by atoms with van der Waals surface area (Å²) in [6.07, 6.45) is -0.687. The van der Waals surface area contributed by atoms with E-state index in [0.717, 1.165) is 5.56 Å². The second-order valence-corrected chi connectivity index (χ2v) is 5.63. The fourth-order valence-electron chi connectivity index (χ4n) is 1.77. The number of esters is 1. The van der Waals surface area contributed by atoms with E-state index in [1.807, 2.05) is 31.2 Å². The minimum atomic E-state index is -0.687. The van der Waals surface area contributed by atoms with Gasteiger partial charge in [-0.15, -0.1) is 11.3 Å². The average molecular weight is 319 g/mol. The molecule has 1 unspecified atom stereocenters. The first-order chi connectivity index (χ1) is 10.5. The first-order valence-electron chi connectivity index (χ1n) is 6.71. The standard InChI is InChI=1S/C16H17NO4S/c1-10-4-6-12(7-5-10)21-11(2)15(18)17-13-8-9-22-14(13)16(19)20-3/h4-9,11H,1-3H3,(H,17,18). The second kappa shape index (κ2) is 7.09. The zero-order chi connectivity index (χ0) is 16.1. The first-order valence-corrected chi connectivity index (χ1v) is 7.59. The summed E-state index contributed by atoms with van der Waals surface area (Å²) >= 11 is 1.21. The van der Waals surface area contributed by atoms with Gasteiger partial charge >= 0.3 is 5.97 Å². The van der Waals surface area contributed by atoms with Gasteiger partial charge in [0.25, 0.3) is 5.91 Å². The van der Waals surface area contributed by atoms with Crippen LogP contribution in [0.25, 0.3) is 0 Å². The summed E-state index contributed by atoms with van der Waals surface area (Å²) in [5.74, 6) is -0.187. The molecule has 0 aliphatic heterocycles. The Bertz CT molecular complexity index is 663. The molecular weight excluding hydrogens is 302 g/mol. The van der Waals surface area contributed by atoms with E-state index in [1.54, 1.807) is 18.4 Å². The van der Waals surface area contributed by atoms with Crippen molar-refractivity contribution in [1.29, 1.82) is 0 Å². The molecule has 0 aliphatic rings. The molecule has 2 aromatic rings. The lowest BCUT2D eigenvalue weighted by Gasteiger charge is -2.14. The molecule has 0 saturated carbocycles. The third-order valence-corrected chi connectivity index (χ3v) is 3.89. The van der Waals surface area contributed by atoms with E-state index in [-0.39, 0.29) is 5.91 Å². The molecule has 1 amide bonds. The number of rotatable bonds is 5. The van der Waals surface area contributed by atoms with Crippen molar-refractivity contribution < 1.29 is 19.1 Å². The number of benzene rings is 1. The highest BCUT2D eigenvalue weighted by Gasteiger charge is 2.19. The van der Waals surface area contributed by atoms with E-state index in [4.69, 9.17) is 4.74 Å². The van der Waals surface area contributed by atoms with Gasteiger partial charge in [0.15, 0.2) is 6.10 Å². The Labute approximate surface area is 132 Å². The van der Waals surface area contributed by atoms with Crippen LogP contribution in [0.4, 0.5) is 5.69 Å². The number of aryl methyl sites for hydroxylation is 1. The fourth-order valence-corrected chi connectivity index (χ4v) is 2.53. The van der Waals surface area contributed by atoms with Gasteiger partial charge in [-0.2, -0.15) is 0 Å². The molecule has 5 nitrogen and oxygen atoms in total. The zero-order valence-electron chi connectivity index (χ0n) is 12.6. The van der Waals surface area contributed by atoms with Crippen LogP contribution in [0.5, 0.6) is 5.75 Å². The Hall–Kier alpha value is -2.34. The van der Waals surface area contributed by atoms with Crippen molar-refractivity contribution in [2.75, 3.05) is 12.4 Å². The van der Waals surface area contributed by atoms with Crippen LogP contribution in [-0.4, -0.2) is 25.1 Å². The minimum absolute atomic E-state index is 0.330. The van der Waals surface area contributed by atoms with Crippen molar-refractivity contribution in [2.24, 2.45) is 0 Å². The Kier molecular flexibility index (Phi) is 5.16. The van der Waals surface area contributed by atoms with Gasteiger partial charge in [0.2, 0.25) is 0 Å². The van der Waals surface area contributed by atoms with Crippen LogP contribution in [0, 0.1) is 6.92 Å². The molecule has 0 fully saturated rings. The molecule has 0 radical (unpaired) electrons. The van der Waals surface area contributed by atoms with Gasteiger partial charge in [-0.05, 0) is 37.4 Å². The second-order valence-electron chi connectivity index (χ2n) is 4.72. The number of nitrogens with one attached hydrogen (secondary N) is 1. The first kappa shape index (κ1) is 16.0. The van der Waals surface area contributed by atoms with Crippen LogP contribution in [0.15, 0.2) is 35.7 Å².